The Labute approximate surface area is 127 Å². The van der Waals surface area contributed by atoms with Crippen LogP contribution in [0.3, 0.4) is 0 Å². The lowest BCUT2D eigenvalue weighted by Crippen LogP contribution is -2.45. The molecule has 1 aromatic carbocycles. The summed E-state index contributed by atoms with van der Waals surface area (Å²) < 4.78 is 71.0. The summed E-state index contributed by atoms with van der Waals surface area (Å²) in [5, 5.41) is 13.7. The van der Waals surface area contributed by atoms with Crippen LogP contribution < -0.4 is 10.6 Å². The third kappa shape index (κ3) is 2.99. The van der Waals surface area contributed by atoms with Gasteiger partial charge >= 0.3 is 0 Å². The topological polar surface area (TPSA) is 53.5 Å². The number of benzene rings is 1. The highest BCUT2D eigenvalue weighted by Crippen LogP contribution is 2.27. The Balaban J connectivity index is 2.16. The lowest BCUT2D eigenvalue weighted by molar-refractivity contribution is 0.0540. The molecule has 1 unspecified atom stereocenters. The number of hydrogen-bond donors (Lipinski definition) is 3. The van der Waals surface area contributed by atoms with Crippen molar-refractivity contribution < 1.29 is 31.8 Å². The lowest BCUT2D eigenvalue weighted by atomic mass is 10.1. The van der Waals surface area contributed by atoms with Crippen LogP contribution in [-0.4, -0.2) is 35.1 Å². The Kier molecular flexibility index (Phi) is 4.83. The molecule has 2 rings (SSSR count). The summed E-state index contributed by atoms with van der Waals surface area (Å²) in [4.78, 5) is 0. The van der Waals surface area contributed by atoms with Crippen LogP contribution in [0.15, 0.2) is 0 Å². The molecule has 0 aliphatic carbocycles. The van der Waals surface area contributed by atoms with Gasteiger partial charge in [0.1, 0.15) is 11.8 Å². The predicted molar refractivity (Wildman–Crippen MR) is 70.8 cm³/mol. The van der Waals surface area contributed by atoms with Gasteiger partial charge in [-0.2, -0.15) is 0 Å². The van der Waals surface area contributed by atoms with Crippen molar-refractivity contribution >= 4 is 23.0 Å². The van der Waals surface area contributed by atoms with E-state index < -0.39 is 58.1 Å². The van der Waals surface area contributed by atoms with Crippen molar-refractivity contribution in [1.82, 2.24) is 5.32 Å². The first kappa shape index (κ1) is 16.8. The van der Waals surface area contributed by atoms with E-state index in [2.05, 4.69) is 5.32 Å². The monoisotopic (exact) mass is 342 g/mol. The van der Waals surface area contributed by atoms with Crippen molar-refractivity contribution in [3.8, 4) is 0 Å². The molecule has 0 aromatic heterocycles. The van der Waals surface area contributed by atoms with Crippen molar-refractivity contribution in [2.24, 2.45) is 0 Å². The highest BCUT2D eigenvalue weighted by Gasteiger charge is 2.33. The maximum atomic E-state index is 13.5. The molecule has 3 N–H and O–H groups in total. The van der Waals surface area contributed by atoms with E-state index in [0.29, 0.717) is 0 Å². The normalized spacial score (nSPS) is 24.4. The van der Waals surface area contributed by atoms with Gasteiger partial charge in [0, 0.05) is 0 Å². The van der Waals surface area contributed by atoms with Gasteiger partial charge in [0.05, 0.1) is 18.8 Å². The van der Waals surface area contributed by atoms with Crippen molar-refractivity contribution in [3.63, 3.8) is 0 Å². The molecule has 0 amide bonds. The van der Waals surface area contributed by atoms with Crippen molar-refractivity contribution in [2.45, 2.75) is 25.2 Å². The van der Waals surface area contributed by atoms with Gasteiger partial charge in [0.15, 0.2) is 28.4 Å². The Morgan fingerprint density at radius 1 is 1.09 bits per heavy atom. The van der Waals surface area contributed by atoms with Crippen LogP contribution in [0.4, 0.5) is 27.6 Å². The molecule has 122 valence electrons. The highest BCUT2D eigenvalue weighted by molar-refractivity contribution is 7.80. The van der Waals surface area contributed by atoms with Crippen LogP contribution in [0.5, 0.6) is 0 Å². The number of aliphatic hydroxyl groups is 1. The molecule has 0 spiro atoms. The van der Waals surface area contributed by atoms with E-state index >= 15 is 0 Å². The molecule has 1 heterocycles. The van der Waals surface area contributed by atoms with Gasteiger partial charge in [-0.25, -0.2) is 22.0 Å². The fraction of sp³-hybridized carbons (Fsp3) is 0.417. The molecule has 1 aliphatic heterocycles. The van der Waals surface area contributed by atoms with Crippen LogP contribution >= 0.6 is 12.2 Å². The van der Waals surface area contributed by atoms with Gasteiger partial charge in [0.2, 0.25) is 5.82 Å². The van der Waals surface area contributed by atoms with E-state index in [1.807, 2.05) is 5.32 Å². The predicted octanol–water partition coefficient (Wildman–Crippen LogP) is 1.82. The smallest absolute Gasteiger partial charge is 0.200 e. The minimum Gasteiger partial charge on any atom is -0.388 e. The first-order chi connectivity index (χ1) is 10.2. The highest BCUT2D eigenvalue weighted by atomic mass is 32.1. The van der Waals surface area contributed by atoms with Gasteiger partial charge in [-0.05, 0) is 19.1 Å². The summed E-state index contributed by atoms with van der Waals surface area (Å²) in [6.07, 6.45) is -1.41. The van der Waals surface area contributed by atoms with Gasteiger partial charge in [-0.1, -0.05) is 0 Å². The summed E-state index contributed by atoms with van der Waals surface area (Å²) >= 11 is 4.74. The minimum absolute atomic E-state index is 0.0707. The third-order valence-electron chi connectivity index (χ3n) is 3.20. The van der Waals surface area contributed by atoms with E-state index in [4.69, 9.17) is 17.0 Å². The van der Waals surface area contributed by atoms with Crippen LogP contribution in [0.1, 0.15) is 6.92 Å². The van der Waals surface area contributed by atoms with Gasteiger partial charge in [-0.15, -0.1) is 0 Å². The second kappa shape index (κ2) is 6.31. The van der Waals surface area contributed by atoms with E-state index in [1.165, 1.54) is 0 Å². The number of ether oxygens (including phenoxy) is 1. The summed E-state index contributed by atoms with van der Waals surface area (Å²) in [5.74, 6) is -10.5. The lowest BCUT2D eigenvalue weighted by Gasteiger charge is -2.19. The number of halogens is 5. The van der Waals surface area contributed by atoms with Crippen LogP contribution in [-0.2, 0) is 4.74 Å². The Hall–Kier alpha value is -1.52. The molecule has 10 heteroatoms. The van der Waals surface area contributed by atoms with E-state index in [1.54, 1.807) is 6.92 Å². The van der Waals surface area contributed by atoms with Crippen LogP contribution in [0.2, 0.25) is 0 Å². The maximum Gasteiger partial charge on any atom is 0.200 e. The number of thiocarbonyl (C=S) groups is 1. The third-order valence-corrected chi connectivity index (χ3v) is 3.42. The van der Waals surface area contributed by atoms with E-state index in [0.717, 1.165) is 0 Å². The molecule has 1 saturated heterocycles. The average molecular weight is 342 g/mol. The van der Waals surface area contributed by atoms with Crippen molar-refractivity contribution in [1.29, 1.82) is 0 Å². The number of nitrogens with one attached hydrogen (secondary N) is 2. The molecule has 4 nitrogen and oxygen atoms in total. The van der Waals surface area contributed by atoms with Crippen LogP contribution in [0, 0.1) is 29.1 Å². The van der Waals surface area contributed by atoms with E-state index in [-0.39, 0.29) is 6.61 Å². The number of rotatable bonds is 2. The molecule has 1 fully saturated rings. The molecule has 3 atom stereocenters. The quantitative estimate of drug-likeness (QED) is 0.331. The van der Waals surface area contributed by atoms with Gasteiger partial charge in [0.25, 0.3) is 0 Å². The Morgan fingerprint density at radius 2 is 1.59 bits per heavy atom. The SMILES string of the molecule is C[C@H]1OCC(NC(=S)Nc2c(F)c(F)c(F)c(F)c2F)[C@@H]1O. The van der Waals surface area contributed by atoms with Crippen molar-refractivity contribution in [2.75, 3.05) is 11.9 Å². The molecule has 0 saturated carbocycles. The molecular formula is C12H11F5N2O2S. The molecule has 0 bridgehead atoms. The van der Waals surface area contributed by atoms with Gasteiger partial charge in [-0.3, -0.25) is 0 Å². The first-order valence-electron chi connectivity index (χ1n) is 6.12. The fourth-order valence-electron chi connectivity index (χ4n) is 1.94. The Bertz CT molecular complexity index is 587. The zero-order chi connectivity index (χ0) is 16.6. The molecular weight excluding hydrogens is 331 g/mol. The number of anilines is 1. The standard InChI is InChI=1S/C12H11F5N2O2S/c1-3-11(20)4(2-21-3)18-12(22)19-10-8(16)6(14)5(13)7(15)9(10)17/h3-4,11,20H,2H2,1H3,(H2,18,19,22)/t3-,4?,11-/m1/s1. The summed E-state index contributed by atoms with van der Waals surface area (Å²) in [5.41, 5.74) is -1.27. The molecule has 1 aliphatic rings. The van der Waals surface area contributed by atoms with Crippen LogP contribution in [0.25, 0.3) is 0 Å². The number of aliphatic hydroxyl groups excluding tert-OH is 1. The zero-order valence-electron chi connectivity index (χ0n) is 11.1. The molecule has 22 heavy (non-hydrogen) atoms. The fourth-order valence-corrected chi connectivity index (χ4v) is 2.19. The van der Waals surface area contributed by atoms with E-state index in [9.17, 15) is 27.1 Å². The second-order valence-electron chi connectivity index (χ2n) is 4.68. The summed E-state index contributed by atoms with van der Waals surface area (Å²) in [6, 6.07) is -0.670. The second-order valence-corrected chi connectivity index (χ2v) is 5.09. The molecule has 0 radical (unpaired) electrons. The zero-order valence-corrected chi connectivity index (χ0v) is 11.9. The average Bonchev–Trinajstić information content (AvgIpc) is 2.79. The largest absolute Gasteiger partial charge is 0.388 e. The van der Waals surface area contributed by atoms with Gasteiger partial charge < -0.3 is 20.5 Å². The summed E-state index contributed by atoms with van der Waals surface area (Å²) in [6.45, 7) is 1.67. The van der Waals surface area contributed by atoms with Crippen molar-refractivity contribution in [3.05, 3.63) is 29.1 Å². The Morgan fingerprint density at radius 3 is 2.05 bits per heavy atom. The maximum absolute atomic E-state index is 13.5. The molecule has 1 aromatic rings. The summed E-state index contributed by atoms with van der Waals surface area (Å²) in [7, 11) is 0. The minimum atomic E-state index is -2.26. The number of hydrogen-bond acceptors (Lipinski definition) is 3. The first-order valence-corrected chi connectivity index (χ1v) is 6.53.